The maximum Gasteiger partial charge on any atom is 0.387 e. The van der Waals surface area contributed by atoms with Crippen molar-refractivity contribution in [1.82, 2.24) is 15.5 Å². The van der Waals surface area contributed by atoms with E-state index >= 15 is 0 Å². The number of guanidine groups is 1. The second kappa shape index (κ2) is 13.2. The average molecular weight is 558 g/mol. The highest BCUT2D eigenvalue weighted by Crippen LogP contribution is 2.21. The highest BCUT2D eigenvalue weighted by atomic mass is 127. The van der Waals surface area contributed by atoms with Crippen LogP contribution in [0.1, 0.15) is 36.5 Å². The number of hydrogen-bond acceptors (Lipinski definition) is 3. The first kappa shape index (κ1) is 25.8. The summed E-state index contributed by atoms with van der Waals surface area (Å²) in [6.45, 7) is 1.85. The molecule has 2 aromatic carbocycles. The first-order valence-corrected chi connectivity index (χ1v) is 10.5. The summed E-state index contributed by atoms with van der Waals surface area (Å²) in [7, 11) is 0. The molecule has 2 N–H and O–H groups in total. The van der Waals surface area contributed by atoms with Crippen molar-refractivity contribution in [3.8, 4) is 5.75 Å². The fourth-order valence-electron chi connectivity index (χ4n) is 3.49. The Kier molecular flexibility index (Phi) is 10.6. The SMILES string of the molecule is CCNC(=NCc1ccccc1OC(F)F)NCc1ccccc1CN1CCCC1=O.I. The van der Waals surface area contributed by atoms with Gasteiger partial charge in [-0.1, -0.05) is 42.5 Å². The molecule has 2 aromatic rings. The number of nitrogens with one attached hydrogen (secondary N) is 2. The van der Waals surface area contributed by atoms with Crippen LogP contribution >= 0.6 is 24.0 Å². The zero-order valence-corrected chi connectivity index (χ0v) is 20.4. The van der Waals surface area contributed by atoms with Crippen molar-refractivity contribution in [2.45, 2.75) is 46.0 Å². The van der Waals surface area contributed by atoms with E-state index < -0.39 is 6.61 Å². The molecule has 1 heterocycles. The molecule has 174 valence electrons. The Morgan fingerprint density at radius 1 is 1.09 bits per heavy atom. The van der Waals surface area contributed by atoms with Crippen LogP contribution in [0.2, 0.25) is 0 Å². The summed E-state index contributed by atoms with van der Waals surface area (Å²) < 4.78 is 29.8. The Bertz CT molecular complexity index is 911. The van der Waals surface area contributed by atoms with E-state index in [0.29, 0.717) is 37.6 Å². The highest BCUT2D eigenvalue weighted by Gasteiger charge is 2.20. The van der Waals surface area contributed by atoms with E-state index in [-0.39, 0.29) is 42.2 Å². The number of likely N-dealkylation sites (tertiary alicyclic amines) is 1. The molecule has 1 aliphatic rings. The summed E-state index contributed by atoms with van der Waals surface area (Å²) in [4.78, 5) is 18.4. The Hall–Kier alpha value is -2.43. The second-order valence-corrected chi connectivity index (χ2v) is 7.22. The van der Waals surface area contributed by atoms with Crippen molar-refractivity contribution >= 4 is 35.8 Å². The molecule has 0 bridgehead atoms. The number of carbonyl (C=O) groups is 1. The largest absolute Gasteiger partial charge is 0.434 e. The number of aliphatic imine (C=N–C) groups is 1. The average Bonchev–Trinajstić information content (AvgIpc) is 3.16. The number of amides is 1. The summed E-state index contributed by atoms with van der Waals surface area (Å²) >= 11 is 0. The molecule has 6 nitrogen and oxygen atoms in total. The van der Waals surface area contributed by atoms with Gasteiger partial charge >= 0.3 is 6.61 Å². The maximum atomic E-state index is 12.6. The lowest BCUT2D eigenvalue weighted by atomic mass is 10.1. The van der Waals surface area contributed by atoms with Crippen LogP contribution in [-0.4, -0.2) is 36.5 Å². The minimum Gasteiger partial charge on any atom is -0.434 e. The lowest BCUT2D eigenvalue weighted by molar-refractivity contribution is -0.128. The molecule has 1 fully saturated rings. The lowest BCUT2D eigenvalue weighted by Gasteiger charge is -2.19. The Balaban J connectivity index is 0.00000363. The van der Waals surface area contributed by atoms with Gasteiger partial charge in [0.25, 0.3) is 0 Å². The molecular formula is C23H29F2IN4O2. The van der Waals surface area contributed by atoms with Crippen molar-refractivity contribution in [3.05, 3.63) is 65.2 Å². The number of nitrogens with zero attached hydrogens (tertiary/aromatic N) is 2. The lowest BCUT2D eigenvalue weighted by Crippen LogP contribution is -2.37. The molecule has 0 atom stereocenters. The monoisotopic (exact) mass is 558 g/mol. The number of rotatable bonds is 9. The van der Waals surface area contributed by atoms with Crippen LogP contribution in [-0.2, 0) is 24.4 Å². The number of carbonyl (C=O) groups excluding carboxylic acids is 1. The number of benzene rings is 2. The third-order valence-corrected chi connectivity index (χ3v) is 5.04. The van der Waals surface area contributed by atoms with E-state index in [9.17, 15) is 13.6 Å². The zero-order valence-electron chi connectivity index (χ0n) is 18.0. The summed E-state index contributed by atoms with van der Waals surface area (Å²) in [5.74, 6) is 0.890. The standard InChI is InChI=1S/C23H28F2N4O2.HI/c1-2-26-23(28-15-18-9-5-6-11-20(18)31-22(24)25)27-14-17-8-3-4-10-19(17)16-29-13-7-12-21(29)30;/h3-6,8-11,22H,2,7,12-16H2,1H3,(H2,26,27,28);1H. The summed E-state index contributed by atoms with van der Waals surface area (Å²) in [5.41, 5.74) is 2.75. The summed E-state index contributed by atoms with van der Waals surface area (Å²) in [6, 6.07) is 14.6. The molecule has 32 heavy (non-hydrogen) atoms. The summed E-state index contributed by atoms with van der Waals surface area (Å²) in [6.07, 6.45) is 1.53. The van der Waals surface area contributed by atoms with E-state index in [4.69, 9.17) is 0 Å². The number of halogens is 3. The van der Waals surface area contributed by atoms with Crippen LogP contribution in [0.5, 0.6) is 5.75 Å². The van der Waals surface area contributed by atoms with Gasteiger partial charge in [0.2, 0.25) is 5.91 Å². The van der Waals surface area contributed by atoms with Gasteiger partial charge in [-0.15, -0.1) is 24.0 Å². The van der Waals surface area contributed by atoms with Gasteiger partial charge in [0, 0.05) is 38.2 Å². The molecule has 0 unspecified atom stereocenters. The molecular weight excluding hydrogens is 529 g/mol. The normalized spacial score (nSPS) is 13.8. The van der Waals surface area contributed by atoms with Gasteiger partial charge in [-0.25, -0.2) is 4.99 Å². The predicted octanol–water partition coefficient (Wildman–Crippen LogP) is 4.28. The molecule has 0 radical (unpaired) electrons. The minimum absolute atomic E-state index is 0. The third-order valence-electron chi connectivity index (χ3n) is 5.04. The van der Waals surface area contributed by atoms with Crippen molar-refractivity contribution in [2.24, 2.45) is 4.99 Å². The zero-order chi connectivity index (χ0) is 22.1. The van der Waals surface area contributed by atoms with E-state index in [0.717, 1.165) is 24.1 Å². The Morgan fingerprint density at radius 3 is 2.44 bits per heavy atom. The van der Waals surface area contributed by atoms with Crippen molar-refractivity contribution in [3.63, 3.8) is 0 Å². The van der Waals surface area contributed by atoms with E-state index in [1.54, 1.807) is 18.2 Å². The van der Waals surface area contributed by atoms with Crippen LogP contribution in [0.4, 0.5) is 8.78 Å². The van der Waals surface area contributed by atoms with Crippen LogP contribution < -0.4 is 15.4 Å². The molecule has 9 heteroatoms. The fraction of sp³-hybridized carbons (Fsp3) is 0.391. The minimum atomic E-state index is -2.88. The predicted molar refractivity (Wildman–Crippen MR) is 131 cm³/mol. The quantitative estimate of drug-likeness (QED) is 0.274. The highest BCUT2D eigenvalue weighted by molar-refractivity contribution is 14.0. The summed E-state index contributed by atoms with van der Waals surface area (Å²) in [5, 5.41) is 6.46. The molecule has 1 saturated heterocycles. The smallest absolute Gasteiger partial charge is 0.387 e. The third kappa shape index (κ3) is 7.61. The van der Waals surface area contributed by atoms with Crippen molar-refractivity contribution in [2.75, 3.05) is 13.1 Å². The topological polar surface area (TPSA) is 66.0 Å². The Labute approximate surface area is 204 Å². The van der Waals surface area contributed by atoms with Gasteiger partial charge in [-0.05, 0) is 30.5 Å². The van der Waals surface area contributed by atoms with Crippen LogP contribution in [0.25, 0.3) is 0 Å². The number of ether oxygens (including phenoxy) is 1. The molecule has 3 rings (SSSR count). The van der Waals surface area contributed by atoms with Gasteiger partial charge in [0.15, 0.2) is 5.96 Å². The second-order valence-electron chi connectivity index (χ2n) is 7.22. The van der Waals surface area contributed by atoms with Gasteiger partial charge < -0.3 is 20.3 Å². The first-order valence-electron chi connectivity index (χ1n) is 10.5. The molecule has 1 aliphatic heterocycles. The molecule has 0 aliphatic carbocycles. The van der Waals surface area contributed by atoms with Gasteiger partial charge in [-0.3, -0.25) is 4.79 Å². The van der Waals surface area contributed by atoms with Crippen molar-refractivity contribution in [1.29, 1.82) is 0 Å². The van der Waals surface area contributed by atoms with E-state index in [1.165, 1.54) is 6.07 Å². The van der Waals surface area contributed by atoms with E-state index in [2.05, 4.69) is 20.4 Å². The fourth-order valence-corrected chi connectivity index (χ4v) is 3.49. The molecule has 1 amide bonds. The maximum absolute atomic E-state index is 12.6. The van der Waals surface area contributed by atoms with Gasteiger partial charge in [-0.2, -0.15) is 8.78 Å². The molecule has 0 aromatic heterocycles. The van der Waals surface area contributed by atoms with E-state index in [1.807, 2.05) is 36.1 Å². The van der Waals surface area contributed by atoms with Gasteiger partial charge in [0.05, 0.1) is 6.54 Å². The number of para-hydroxylation sites is 1. The molecule has 0 spiro atoms. The number of alkyl halides is 2. The van der Waals surface area contributed by atoms with Crippen LogP contribution in [0, 0.1) is 0 Å². The molecule has 0 saturated carbocycles. The number of hydrogen-bond donors (Lipinski definition) is 2. The van der Waals surface area contributed by atoms with Crippen molar-refractivity contribution < 1.29 is 18.3 Å². The van der Waals surface area contributed by atoms with Gasteiger partial charge in [0.1, 0.15) is 5.75 Å². The van der Waals surface area contributed by atoms with Crippen LogP contribution in [0.3, 0.4) is 0 Å². The Morgan fingerprint density at radius 2 is 1.78 bits per heavy atom. The first-order chi connectivity index (χ1) is 15.1. The van der Waals surface area contributed by atoms with Crippen LogP contribution in [0.15, 0.2) is 53.5 Å².